The fraction of sp³-hybridized carbons (Fsp3) is 0.111. The average molecular weight is 263 g/mol. The Bertz CT molecular complexity index is 454. The largest absolute Gasteiger partial charge is 0.494 e. The second kappa shape index (κ2) is 5.34. The summed E-state index contributed by atoms with van der Waals surface area (Å²) in [7, 11) is 0. The van der Waals surface area contributed by atoms with E-state index in [2.05, 4.69) is 4.99 Å². The Morgan fingerprint density at radius 3 is 2.06 bits per heavy atom. The maximum absolute atomic E-state index is 12.5. The number of nitrogens with zero attached hydrogens (tertiary/aromatic N) is 3. The fourth-order valence-electron chi connectivity index (χ4n) is 1.10. The van der Waals surface area contributed by atoms with E-state index in [-0.39, 0.29) is 5.69 Å². The van der Waals surface area contributed by atoms with Gasteiger partial charge in [0, 0.05) is 0 Å². The van der Waals surface area contributed by atoms with Crippen molar-refractivity contribution in [1.82, 2.24) is 4.90 Å². The van der Waals surface area contributed by atoms with E-state index in [1.807, 2.05) is 0 Å². The Morgan fingerprint density at radius 1 is 1.06 bits per heavy atom. The third-order valence-electron chi connectivity index (χ3n) is 1.80. The second-order valence-corrected chi connectivity index (χ2v) is 3.05. The molecule has 0 aliphatic heterocycles. The number of nitrogens with two attached hydrogens (primary N) is 2. The van der Waals surface area contributed by atoms with Crippen molar-refractivity contribution in [3.8, 4) is 0 Å². The van der Waals surface area contributed by atoms with Crippen LogP contribution < -0.4 is 11.5 Å². The Kier molecular flexibility index (Phi) is 4.08. The standard InChI is InChI=1S/C9H9F4N5/c10-9(11,12)18(8(15)17-13)7(14)16-6-4-2-1-3-5-6/h1-5H,(H2,14,16)(H2,15,17). The van der Waals surface area contributed by atoms with Crippen molar-refractivity contribution in [2.45, 2.75) is 6.30 Å². The minimum Gasteiger partial charge on any atom is -0.369 e. The molecule has 0 unspecified atom stereocenters. The summed E-state index contributed by atoms with van der Waals surface area (Å²) in [4.78, 5) is 2.80. The monoisotopic (exact) mass is 263 g/mol. The lowest BCUT2D eigenvalue weighted by atomic mass is 10.3. The predicted molar refractivity (Wildman–Crippen MR) is 58.3 cm³/mol. The van der Waals surface area contributed by atoms with Crippen LogP contribution in [0, 0.1) is 0 Å². The van der Waals surface area contributed by atoms with Gasteiger partial charge in [-0.2, -0.15) is 4.90 Å². The number of guanidine groups is 2. The van der Waals surface area contributed by atoms with E-state index in [0.29, 0.717) is 0 Å². The third kappa shape index (κ3) is 3.34. The minimum absolute atomic E-state index is 0.163. The van der Waals surface area contributed by atoms with Crippen LogP contribution in [0.3, 0.4) is 0 Å². The lowest BCUT2D eigenvalue weighted by Gasteiger charge is -2.23. The van der Waals surface area contributed by atoms with E-state index in [9.17, 15) is 17.7 Å². The molecule has 0 atom stereocenters. The molecule has 4 N–H and O–H groups in total. The molecule has 1 rings (SSSR count). The first-order valence-electron chi connectivity index (χ1n) is 4.57. The van der Waals surface area contributed by atoms with Crippen LogP contribution >= 0.6 is 0 Å². The van der Waals surface area contributed by atoms with Crippen molar-refractivity contribution in [2.24, 2.45) is 21.7 Å². The van der Waals surface area contributed by atoms with Crippen LogP contribution in [0.2, 0.25) is 0 Å². The fourth-order valence-corrected chi connectivity index (χ4v) is 1.10. The van der Waals surface area contributed by atoms with Gasteiger partial charge >= 0.3 is 6.30 Å². The SMILES string of the molecule is NC(=NF)N(C(N)=Nc1ccccc1)C(F)(F)F. The summed E-state index contributed by atoms with van der Waals surface area (Å²) in [6.45, 7) is 0. The summed E-state index contributed by atoms with van der Waals surface area (Å²) in [5.41, 5.74) is 10.1. The van der Waals surface area contributed by atoms with Gasteiger partial charge in [0.15, 0.2) is 0 Å². The maximum atomic E-state index is 12.5. The number of aliphatic imine (C=N–C) groups is 1. The van der Waals surface area contributed by atoms with Gasteiger partial charge in [0.25, 0.3) is 0 Å². The number of rotatable bonds is 1. The number of halogens is 4. The van der Waals surface area contributed by atoms with Crippen LogP contribution in [0.4, 0.5) is 23.3 Å². The van der Waals surface area contributed by atoms with Crippen molar-refractivity contribution in [1.29, 1.82) is 0 Å². The molecule has 5 nitrogen and oxygen atoms in total. The molecule has 18 heavy (non-hydrogen) atoms. The zero-order valence-electron chi connectivity index (χ0n) is 8.89. The zero-order chi connectivity index (χ0) is 13.8. The van der Waals surface area contributed by atoms with Gasteiger partial charge in [0.05, 0.1) is 5.69 Å². The molecular weight excluding hydrogens is 254 g/mol. The van der Waals surface area contributed by atoms with E-state index in [0.717, 1.165) is 0 Å². The van der Waals surface area contributed by atoms with E-state index < -0.39 is 23.1 Å². The summed E-state index contributed by atoms with van der Waals surface area (Å²) in [6.07, 6.45) is -5.03. The smallest absolute Gasteiger partial charge is 0.369 e. The van der Waals surface area contributed by atoms with Crippen LogP contribution in [0.5, 0.6) is 0 Å². The first kappa shape index (κ1) is 13.7. The highest BCUT2D eigenvalue weighted by Gasteiger charge is 2.42. The molecule has 1 aromatic carbocycles. The average Bonchev–Trinajstić information content (AvgIpc) is 2.28. The molecule has 0 fully saturated rings. The summed E-state index contributed by atoms with van der Waals surface area (Å²) in [5.74, 6) is -2.48. The molecule has 0 amide bonds. The van der Waals surface area contributed by atoms with Crippen molar-refractivity contribution < 1.29 is 17.7 Å². The highest BCUT2D eigenvalue weighted by Crippen LogP contribution is 2.22. The lowest BCUT2D eigenvalue weighted by molar-refractivity contribution is -0.194. The zero-order valence-corrected chi connectivity index (χ0v) is 8.89. The van der Waals surface area contributed by atoms with Crippen molar-refractivity contribution in [3.05, 3.63) is 30.3 Å². The molecule has 9 heteroatoms. The third-order valence-corrected chi connectivity index (χ3v) is 1.80. The Morgan fingerprint density at radius 2 is 1.61 bits per heavy atom. The van der Waals surface area contributed by atoms with Gasteiger partial charge < -0.3 is 11.5 Å². The van der Waals surface area contributed by atoms with E-state index in [4.69, 9.17) is 11.5 Å². The van der Waals surface area contributed by atoms with Gasteiger partial charge in [-0.05, 0) is 17.3 Å². The summed E-state index contributed by atoms with van der Waals surface area (Å²) >= 11 is 0. The van der Waals surface area contributed by atoms with E-state index in [1.54, 1.807) is 23.4 Å². The molecule has 0 spiro atoms. The molecular formula is C9H9F4N5. The molecule has 0 heterocycles. The van der Waals surface area contributed by atoms with Gasteiger partial charge in [0.2, 0.25) is 11.9 Å². The highest BCUT2D eigenvalue weighted by molar-refractivity contribution is 5.98. The normalized spacial score (nSPS) is 13.6. The number of hydrogen-bond donors (Lipinski definition) is 2. The van der Waals surface area contributed by atoms with Crippen LogP contribution in [-0.4, -0.2) is 23.1 Å². The van der Waals surface area contributed by atoms with Gasteiger partial charge in [-0.15, -0.1) is 13.2 Å². The number of para-hydroxylation sites is 1. The quantitative estimate of drug-likeness (QED) is 0.350. The van der Waals surface area contributed by atoms with Crippen LogP contribution in [0.25, 0.3) is 0 Å². The predicted octanol–water partition coefficient (Wildman–Crippen LogP) is 1.65. The minimum atomic E-state index is -5.03. The number of hydrogen-bond acceptors (Lipinski definition) is 2. The molecule has 0 bridgehead atoms. The van der Waals surface area contributed by atoms with E-state index in [1.165, 1.54) is 12.1 Å². The van der Waals surface area contributed by atoms with Gasteiger partial charge in [0.1, 0.15) is 0 Å². The maximum Gasteiger partial charge on any atom is 0.494 e. The number of alkyl halides is 3. The van der Waals surface area contributed by atoms with Crippen LogP contribution in [0.1, 0.15) is 0 Å². The van der Waals surface area contributed by atoms with Crippen molar-refractivity contribution in [3.63, 3.8) is 0 Å². The summed E-state index contributed by atoms with van der Waals surface area (Å²) in [5, 5.41) is 1.76. The molecule has 0 saturated heterocycles. The molecule has 0 saturated carbocycles. The van der Waals surface area contributed by atoms with Crippen molar-refractivity contribution in [2.75, 3.05) is 0 Å². The molecule has 0 aliphatic rings. The molecule has 98 valence electrons. The second-order valence-electron chi connectivity index (χ2n) is 3.05. The van der Waals surface area contributed by atoms with Crippen molar-refractivity contribution >= 4 is 17.6 Å². The Hall–Kier alpha value is -2.32. The highest BCUT2D eigenvalue weighted by atomic mass is 19.4. The first-order chi connectivity index (χ1) is 8.36. The van der Waals surface area contributed by atoms with E-state index >= 15 is 0 Å². The van der Waals surface area contributed by atoms with Crippen LogP contribution in [0.15, 0.2) is 40.5 Å². The summed E-state index contributed by atoms with van der Waals surface area (Å²) < 4.78 is 49.5. The van der Waals surface area contributed by atoms with Gasteiger partial charge in [-0.25, -0.2) is 4.99 Å². The molecule has 0 aromatic heterocycles. The summed E-state index contributed by atoms with van der Waals surface area (Å²) in [6, 6.07) is 7.59. The van der Waals surface area contributed by atoms with Gasteiger partial charge in [-0.3, -0.25) is 0 Å². The topological polar surface area (TPSA) is 80.0 Å². The Balaban J connectivity index is 3.12. The van der Waals surface area contributed by atoms with Gasteiger partial charge in [-0.1, -0.05) is 22.7 Å². The first-order valence-corrected chi connectivity index (χ1v) is 4.57. The molecule has 1 aromatic rings. The van der Waals surface area contributed by atoms with Crippen LogP contribution in [-0.2, 0) is 0 Å². The molecule has 0 aliphatic carbocycles. The lowest BCUT2D eigenvalue weighted by Crippen LogP contribution is -2.53. The molecule has 0 radical (unpaired) electrons. The number of benzene rings is 1. The Labute approximate surface area is 99.4 Å².